The quantitative estimate of drug-likeness (QED) is 0.0262. The van der Waals surface area contributed by atoms with E-state index in [4.69, 9.17) is 14.2 Å². The molecule has 0 spiro atoms. The average Bonchev–Trinajstić information content (AvgIpc) is 3.30. The number of carbonyl (C=O) groups is 3. The predicted octanol–water partition coefficient (Wildman–Crippen LogP) is 17.5. The summed E-state index contributed by atoms with van der Waals surface area (Å²) in [6, 6.07) is 0. The lowest BCUT2D eigenvalue weighted by atomic mass is 10.1. The number of unbranched alkanes of at least 4 members (excludes halogenated alkanes) is 17. The van der Waals surface area contributed by atoms with E-state index in [1.165, 1.54) is 64.2 Å². The van der Waals surface area contributed by atoms with Crippen LogP contribution in [0.15, 0.2) is 109 Å². The molecule has 0 saturated heterocycles. The summed E-state index contributed by atoms with van der Waals surface area (Å²) in [4.78, 5) is 38.0. The van der Waals surface area contributed by atoms with Crippen molar-refractivity contribution >= 4 is 17.9 Å². The molecular formula is C59H96O6. The average molecular weight is 901 g/mol. The molecular weight excluding hydrogens is 805 g/mol. The van der Waals surface area contributed by atoms with Gasteiger partial charge in [-0.2, -0.15) is 0 Å². The SMILES string of the molecule is CC/C=C\C/C=C\C/C=C\C/C=C\CCCCCCC(=O)O[C@H](COC(=O)CCC/C=C\C/C=C\C/C=C\C/C=C\CCCCC)COC(=O)CCCCCCC/C=C\CCCCCC. The molecule has 0 aliphatic heterocycles. The zero-order valence-electron chi connectivity index (χ0n) is 42.0. The van der Waals surface area contributed by atoms with Crippen LogP contribution in [0.2, 0.25) is 0 Å². The molecule has 0 saturated carbocycles. The van der Waals surface area contributed by atoms with Crippen LogP contribution in [0.3, 0.4) is 0 Å². The van der Waals surface area contributed by atoms with E-state index in [0.717, 1.165) is 116 Å². The predicted molar refractivity (Wildman–Crippen MR) is 279 cm³/mol. The maximum atomic E-state index is 12.8. The molecule has 0 aromatic rings. The smallest absolute Gasteiger partial charge is 0.306 e. The van der Waals surface area contributed by atoms with Gasteiger partial charge in [0.15, 0.2) is 6.10 Å². The molecule has 0 aliphatic carbocycles. The number of ether oxygens (including phenoxy) is 3. The Morgan fingerprint density at radius 3 is 1.05 bits per heavy atom. The number of esters is 3. The van der Waals surface area contributed by atoms with Gasteiger partial charge < -0.3 is 14.2 Å². The fraction of sp³-hybridized carbons (Fsp3) is 0.644. The van der Waals surface area contributed by atoms with Crippen molar-refractivity contribution < 1.29 is 28.6 Å². The number of allylic oxidation sites excluding steroid dienone is 18. The molecule has 0 aromatic carbocycles. The van der Waals surface area contributed by atoms with E-state index < -0.39 is 6.10 Å². The Morgan fingerprint density at radius 1 is 0.323 bits per heavy atom. The summed E-state index contributed by atoms with van der Waals surface area (Å²) in [7, 11) is 0. The molecule has 6 nitrogen and oxygen atoms in total. The lowest BCUT2D eigenvalue weighted by Crippen LogP contribution is -2.30. The summed E-state index contributed by atoms with van der Waals surface area (Å²) < 4.78 is 16.7. The summed E-state index contributed by atoms with van der Waals surface area (Å²) in [6.45, 7) is 6.39. The van der Waals surface area contributed by atoms with Crippen LogP contribution in [0.5, 0.6) is 0 Å². The third kappa shape index (κ3) is 50.9. The zero-order valence-corrected chi connectivity index (χ0v) is 42.0. The van der Waals surface area contributed by atoms with E-state index in [1.807, 2.05) is 0 Å². The highest BCUT2D eigenvalue weighted by Crippen LogP contribution is 2.12. The Morgan fingerprint density at radius 2 is 0.615 bits per heavy atom. The molecule has 0 aliphatic rings. The molecule has 368 valence electrons. The van der Waals surface area contributed by atoms with Crippen molar-refractivity contribution in [1.29, 1.82) is 0 Å². The van der Waals surface area contributed by atoms with E-state index >= 15 is 0 Å². The van der Waals surface area contributed by atoms with Crippen molar-refractivity contribution in [2.45, 2.75) is 232 Å². The number of carbonyl (C=O) groups excluding carboxylic acids is 3. The molecule has 0 radical (unpaired) electrons. The molecule has 0 amide bonds. The molecule has 0 heterocycles. The molecule has 6 heteroatoms. The van der Waals surface area contributed by atoms with Gasteiger partial charge in [-0.15, -0.1) is 0 Å². The topological polar surface area (TPSA) is 78.9 Å². The van der Waals surface area contributed by atoms with Crippen molar-refractivity contribution in [3.8, 4) is 0 Å². The van der Waals surface area contributed by atoms with E-state index in [9.17, 15) is 14.4 Å². The molecule has 0 N–H and O–H groups in total. The fourth-order valence-electron chi connectivity index (χ4n) is 6.77. The first kappa shape index (κ1) is 61.1. The van der Waals surface area contributed by atoms with Crippen molar-refractivity contribution in [3.05, 3.63) is 109 Å². The Labute approximate surface area is 400 Å². The summed E-state index contributed by atoms with van der Waals surface area (Å²) in [5.41, 5.74) is 0. The summed E-state index contributed by atoms with van der Waals surface area (Å²) >= 11 is 0. The summed E-state index contributed by atoms with van der Waals surface area (Å²) in [5, 5.41) is 0. The molecule has 1 atom stereocenters. The number of hydrogen-bond donors (Lipinski definition) is 0. The Hall–Kier alpha value is -3.93. The van der Waals surface area contributed by atoms with Gasteiger partial charge in [0.1, 0.15) is 13.2 Å². The molecule has 0 unspecified atom stereocenters. The third-order valence-corrected chi connectivity index (χ3v) is 10.7. The normalized spacial score (nSPS) is 13.0. The van der Waals surface area contributed by atoms with Crippen molar-refractivity contribution in [2.75, 3.05) is 13.2 Å². The van der Waals surface area contributed by atoms with Gasteiger partial charge in [-0.05, 0) is 122 Å². The highest BCUT2D eigenvalue weighted by Gasteiger charge is 2.19. The van der Waals surface area contributed by atoms with Crippen LogP contribution in [-0.2, 0) is 28.6 Å². The fourth-order valence-corrected chi connectivity index (χ4v) is 6.77. The maximum absolute atomic E-state index is 12.8. The second kappa shape index (κ2) is 52.7. The minimum absolute atomic E-state index is 0.111. The van der Waals surface area contributed by atoms with E-state index in [-0.39, 0.29) is 44.0 Å². The van der Waals surface area contributed by atoms with Crippen LogP contribution in [0.4, 0.5) is 0 Å². The van der Waals surface area contributed by atoms with Gasteiger partial charge in [0.05, 0.1) is 0 Å². The highest BCUT2D eigenvalue weighted by molar-refractivity contribution is 5.71. The number of hydrogen-bond acceptors (Lipinski definition) is 6. The van der Waals surface area contributed by atoms with Gasteiger partial charge in [0, 0.05) is 19.3 Å². The van der Waals surface area contributed by atoms with Crippen molar-refractivity contribution in [3.63, 3.8) is 0 Å². The minimum Gasteiger partial charge on any atom is -0.462 e. The largest absolute Gasteiger partial charge is 0.462 e. The molecule has 0 rings (SSSR count). The van der Waals surface area contributed by atoms with E-state index in [0.29, 0.717) is 12.8 Å². The first-order valence-electron chi connectivity index (χ1n) is 26.4. The Kier molecular flexibility index (Phi) is 49.5. The first-order chi connectivity index (χ1) is 32.0. The van der Waals surface area contributed by atoms with E-state index in [1.54, 1.807) is 0 Å². The minimum atomic E-state index is -0.818. The van der Waals surface area contributed by atoms with Gasteiger partial charge in [-0.3, -0.25) is 14.4 Å². The number of rotatable bonds is 46. The zero-order chi connectivity index (χ0) is 47.2. The standard InChI is InChI=1S/C59H96O6/c1-4-7-10-13-16-19-22-25-27-29-31-34-37-40-43-46-49-52-58(61)64-55-56(54-63-57(60)51-48-45-42-39-36-33-24-21-18-15-12-9-6-3)65-59(62)53-50-47-44-41-38-35-32-30-28-26-23-20-17-14-11-8-5-2/h8,11,16-17,19-21,24-28,31-32,34-35,40,43,56H,4-7,9-10,12-15,18,22-23,29-30,33,36-39,41-42,44-55H2,1-3H3/b11-8-,19-16-,20-17-,24-21-,27-25-,28-26-,34-31-,35-32-,43-40-/t56-/m0/s1. The van der Waals surface area contributed by atoms with Crippen LogP contribution >= 0.6 is 0 Å². The third-order valence-electron chi connectivity index (χ3n) is 10.7. The highest BCUT2D eigenvalue weighted by atomic mass is 16.6. The van der Waals surface area contributed by atoms with Crippen molar-refractivity contribution in [1.82, 2.24) is 0 Å². The van der Waals surface area contributed by atoms with E-state index in [2.05, 4.69) is 130 Å². The van der Waals surface area contributed by atoms with Crippen molar-refractivity contribution in [2.24, 2.45) is 0 Å². The molecule has 0 fully saturated rings. The van der Waals surface area contributed by atoms with Crippen LogP contribution in [-0.4, -0.2) is 37.2 Å². The second-order valence-corrected chi connectivity index (χ2v) is 17.0. The van der Waals surface area contributed by atoms with Gasteiger partial charge in [-0.25, -0.2) is 0 Å². The van der Waals surface area contributed by atoms with Gasteiger partial charge >= 0.3 is 17.9 Å². The van der Waals surface area contributed by atoms with Crippen LogP contribution in [0, 0.1) is 0 Å². The van der Waals surface area contributed by atoms with Gasteiger partial charge in [-0.1, -0.05) is 194 Å². The monoisotopic (exact) mass is 901 g/mol. The molecule has 0 bridgehead atoms. The lowest BCUT2D eigenvalue weighted by Gasteiger charge is -2.18. The molecule has 65 heavy (non-hydrogen) atoms. The summed E-state index contributed by atoms with van der Waals surface area (Å²) in [6.07, 6.45) is 70.7. The maximum Gasteiger partial charge on any atom is 0.306 e. The van der Waals surface area contributed by atoms with Gasteiger partial charge in [0.2, 0.25) is 0 Å². The Bertz CT molecular complexity index is 1360. The molecule has 0 aromatic heterocycles. The first-order valence-corrected chi connectivity index (χ1v) is 26.4. The van der Waals surface area contributed by atoms with Crippen LogP contribution < -0.4 is 0 Å². The second-order valence-electron chi connectivity index (χ2n) is 17.0. The van der Waals surface area contributed by atoms with Gasteiger partial charge in [0.25, 0.3) is 0 Å². The summed E-state index contributed by atoms with van der Waals surface area (Å²) in [5.74, 6) is -1.01. The Balaban J connectivity index is 4.55. The lowest BCUT2D eigenvalue weighted by molar-refractivity contribution is -0.167. The van der Waals surface area contributed by atoms with Crippen LogP contribution in [0.25, 0.3) is 0 Å². The van der Waals surface area contributed by atoms with Crippen LogP contribution in [0.1, 0.15) is 226 Å².